The van der Waals surface area contributed by atoms with Crippen LogP contribution < -0.4 is 9.80 Å². The van der Waals surface area contributed by atoms with Crippen LogP contribution >= 0.6 is 0 Å². The summed E-state index contributed by atoms with van der Waals surface area (Å²) in [7, 11) is 1.71. The number of rotatable bonds is 5. The lowest BCUT2D eigenvalue weighted by Crippen LogP contribution is -2.46. The molecule has 0 aliphatic carbocycles. The van der Waals surface area contributed by atoms with Crippen molar-refractivity contribution >= 4 is 22.8 Å². The molecule has 1 aromatic carbocycles. The number of morpholine rings is 2. The van der Waals surface area contributed by atoms with E-state index in [0.717, 1.165) is 54.2 Å². The number of benzene rings is 1. The zero-order valence-electron chi connectivity index (χ0n) is 19.5. The SMILES string of the molecule is COCc1cccc(-c2ccc3c(N4CCOCC4)nc(N4CC(C)OC(C)C4)nc3n2)c1. The predicted molar refractivity (Wildman–Crippen MR) is 129 cm³/mol. The van der Waals surface area contributed by atoms with E-state index in [4.69, 9.17) is 29.2 Å². The number of ether oxygens (including phenoxy) is 3. The first-order chi connectivity index (χ1) is 16.1. The fraction of sp³-hybridized carbons (Fsp3) is 0.480. The molecule has 2 saturated heterocycles. The first-order valence-electron chi connectivity index (χ1n) is 11.6. The van der Waals surface area contributed by atoms with Crippen LogP contribution in [-0.4, -0.2) is 73.7 Å². The summed E-state index contributed by atoms with van der Waals surface area (Å²) in [6.07, 6.45) is 0.255. The van der Waals surface area contributed by atoms with Gasteiger partial charge in [0.15, 0.2) is 5.65 Å². The molecule has 0 radical (unpaired) electrons. The molecule has 5 rings (SSSR count). The van der Waals surface area contributed by atoms with Crippen molar-refractivity contribution in [1.29, 1.82) is 0 Å². The second-order valence-corrected chi connectivity index (χ2v) is 8.81. The highest BCUT2D eigenvalue weighted by Crippen LogP contribution is 2.30. The Morgan fingerprint density at radius 1 is 0.970 bits per heavy atom. The van der Waals surface area contributed by atoms with Gasteiger partial charge in [-0.3, -0.25) is 0 Å². The molecule has 33 heavy (non-hydrogen) atoms. The van der Waals surface area contributed by atoms with Crippen LogP contribution in [0.2, 0.25) is 0 Å². The third kappa shape index (κ3) is 4.78. The van der Waals surface area contributed by atoms with Crippen LogP contribution in [-0.2, 0) is 20.8 Å². The van der Waals surface area contributed by atoms with Gasteiger partial charge in [0.05, 0.1) is 43.1 Å². The lowest BCUT2D eigenvalue weighted by Gasteiger charge is -2.36. The van der Waals surface area contributed by atoms with Gasteiger partial charge in [-0.25, -0.2) is 4.98 Å². The molecule has 0 amide bonds. The molecule has 8 nitrogen and oxygen atoms in total. The summed E-state index contributed by atoms with van der Waals surface area (Å²) < 4.78 is 16.8. The predicted octanol–water partition coefficient (Wildman–Crippen LogP) is 3.29. The first-order valence-corrected chi connectivity index (χ1v) is 11.6. The van der Waals surface area contributed by atoms with Crippen LogP contribution in [0.5, 0.6) is 0 Å². The molecule has 0 bridgehead atoms. The van der Waals surface area contributed by atoms with Crippen LogP contribution in [0.25, 0.3) is 22.3 Å². The van der Waals surface area contributed by atoms with Gasteiger partial charge in [-0.15, -0.1) is 0 Å². The van der Waals surface area contributed by atoms with Gasteiger partial charge in [-0.05, 0) is 37.6 Å². The normalized spacial score (nSPS) is 21.5. The molecule has 0 spiro atoms. The lowest BCUT2D eigenvalue weighted by atomic mass is 10.1. The average Bonchev–Trinajstić information content (AvgIpc) is 2.83. The van der Waals surface area contributed by atoms with Crippen molar-refractivity contribution in [2.24, 2.45) is 0 Å². The van der Waals surface area contributed by atoms with Gasteiger partial charge in [0.1, 0.15) is 5.82 Å². The second kappa shape index (κ2) is 9.59. The summed E-state index contributed by atoms with van der Waals surface area (Å²) in [5.41, 5.74) is 3.77. The van der Waals surface area contributed by atoms with Gasteiger partial charge in [0, 0.05) is 38.9 Å². The number of methoxy groups -OCH3 is 1. The van der Waals surface area contributed by atoms with Gasteiger partial charge in [0.2, 0.25) is 5.95 Å². The van der Waals surface area contributed by atoms with Crippen LogP contribution in [0.15, 0.2) is 36.4 Å². The van der Waals surface area contributed by atoms with Crippen LogP contribution in [0.3, 0.4) is 0 Å². The maximum atomic E-state index is 5.93. The summed E-state index contributed by atoms with van der Waals surface area (Å²) in [6.45, 7) is 9.29. The Morgan fingerprint density at radius 2 is 1.76 bits per heavy atom. The molecule has 2 aliphatic heterocycles. The molecule has 0 saturated carbocycles. The lowest BCUT2D eigenvalue weighted by molar-refractivity contribution is -0.00570. The molecule has 3 aromatic rings. The van der Waals surface area contributed by atoms with Crippen LogP contribution in [0.1, 0.15) is 19.4 Å². The van der Waals surface area contributed by atoms with Crippen molar-refractivity contribution in [2.75, 3.05) is 56.3 Å². The van der Waals surface area contributed by atoms with Gasteiger partial charge in [0.25, 0.3) is 0 Å². The quantitative estimate of drug-likeness (QED) is 0.588. The first kappa shape index (κ1) is 22.0. The molecule has 4 heterocycles. The van der Waals surface area contributed by atoms with Gasteiger partial charge in [-0.1, -0.05) is 18.2 Å². The van der Waals surface area contributed by atoms with E-state index in [1.54, 1.807) is 7.11 Å². The summed E-state index contributed by atoms with van der Waals surface area (Å²) in [5, 5.41) is 0.965. The number of aromatic nitrogens is 3. The Bertz CT molecular complexity index is 1110. The van der Waals surface area contributed by atoms with Crippen molar-refractivity contribution < 1.29 is 14.2 Å². The maximum absolute atomic E-state index is 5.93. The third-order valence-corrected chi connectivity index (χ3v) is 6.07. The highest BCUT2D eigenvalue weighted by Gasteiger charge is 2.26. The van der Waals surface area contributed by atoms with Crippen molar-refractivity contribution in [3.05, 3.63) is 42.0 Å². The molecule has 0 N–H and O–H groups in total. The van der Waals surface area contributed by atoms with Crippen molar-refractivity contribution in [3.8, 4) is 11.3 Å². The Balaban J connectivity index is 1.59. The Morgan fingerprint density at radius 3 is 2.52 bits per heavy atom. The van der Waals surface area contributed by atoms with Gasteiger partial charge >= 0.3 is 0 Å². The van der Waals surface area contributed by atoms with E-state index in [1.807, 2.05) is 6.07 Å². The highest BCUT2D eigenvalue weighted by atomic mass is 16.5. The molecule has 2 aliphatic rings. The van der Waals surface area contributed by atoms with Crippen molar-refractivity contribution in [2.45, 2.75) is 32.7 Å². The summed E-state index contributed by atoms with van der Waals surface area (Å²) in [4.78, 5) is 19.5. The van der Waals surface area contributed by atoms with E-state index in [0.29, 0.717) is 31.4 Å². The van der Waals surface area contributed by atoms with E-state index in [1.165, 1.54) is 0 Å². The number of hydrogen-bond acceptors (Lipinski definition) is 8. The van der Waals surface area contributed by atoms with Crippen LogP contribution in [0, 0.1) is 0 Å². The fourth-order valence-electron chi connectivity index (χ4n) is 4.63. The highest BCUT2D eigenvalue weighted by molar-refractivity contribution is 5.90. The number of nitrogens with zero attached hydrogens (tertiary/aromatic N) is 5. The van der Waals surface area contributed by atoms with E-state index in [2.05, 4.69) is 54.0 Å². The average molecular weight is 450 g/mol. The minimum Gasteiger partial charge on any atom is -0.380 e. The van der Waals surface area contributed by atoms with E-state index >= 15 is 0 Å². The standard InChI is InChI=1S/C25H31N5O3/c1-17-14-30(15-18(2)33-17)25-27-23-21(24(28-25)29-9-11-32-12-10-29)7-8-22(26-23)20-6-4-5-19(13-20)16-31-3/h4-8,13,17-18H,9-12,14-16H2,1-3H3. The topological polar surface area (TPSA) is 72.8 Å². The Hall–Kier alpha value is -2.81. The van der Waals surface area contributed by atoms with Gasteiger partial charge in [-0.2, -0.15) is 9.97 Å². The minimum atomic E-state index is 0.128. The molecule has 2 unspecified atom stereocenters. The summed E-state index contributed by atoms with van der Waals surface area (Å²) in [5.74, 6) is 1.64. The molecular formula is C25H31N5O3. The third-order valence-electron chi connectivity index (χ3n) is 6.07. The van der Waals surface area contributed by atoms with E-state index in [-0.39, 0.29) is 12.2 Å². The maximum Gasteiger partial charge on any atom is 0.229 e. The zero-order chi connectivity index (χ0) is 22.8. The summed E-state index contributed by atoms with van der Waals surface area (Å²) in [6, 6.07) is 12.4. The smallest absolute Gasteiger partial charge is 0.229 e. The number of pyridine rings is 1. The van der Waals surface area contributed by atoms with Crippen molar-refractivity contribution in [1.82, 2.24) is 15.0 Å². The number of anilines is 2. The van der Waals surface area contributed by atoms with Crippen LogP contribution in [0.4, 0.5) is 11.8 Å². The molecule has 174 valence electrons. The van der Waals surface area contributed by atoms with E-state index in [9.17, 15) is 0 Å². The fourth-order valence-corrected chi connectivity index (χ4v) is 4.63. The molecule has 2 aromatic heterocycles. The largest absolute Gasteiger partial charge is 0.380 e. The molecule has 2 fully saturated rings. The number of fused-ring (bicyclic) bond motifs is 1. The number of hydrogen-bond donors (Lipinski definition) is 0. The Kier molecular flexibility index (Phi) is 6.39. The Labute approximate surface area is 194 Å². The monoisotopic (exact) mass is 449 g/mol. The zero-order valence-corrected chi connectivity index (χ0v) is 19.5. The molecule has 2 atom stereocenters. The molecular weight excluding hydrogens is 418 g/mol. The van der Waals surface area contributed by atoms with E-state index < -0.39 is 0 Å². The minimum absolute atomic E-state index is 0.128. The van der Waals surface area contributed by atoms with Gasteiger partial charge < -0.3 is 24.0 Å². The summed E-state index contributed by atoms with van der Waals surface area (Å²) >= 11 is 0. The molecule has 8 heteroatoms. The second-order valence-electron chi connectivity index (χ2n) is 8.81. The van der Waals surface area contributed by atoms with Crippen molar-refractivity contribution in [3.63, 3.8) is 0 Å².